The molecule has 0 saturated heterocycles. The van der Waals surface area contributed by atoms with Crippen LogP contribution in [0, 0.1) is 23.0 Å². The zero-order chi connectivity index (χ0) is 29.2. The second-order valence-corrected chi connectivity index (χ2v) is 10.5. The van der Waals surface area contributed by atoms with Gasteiger partial charge in [-0.2, -0.15) is 0 Å². The third-order valence-corrected chi connectivity index (χ3v) is 7.63. The Kier molecular flexibility index (Phi) is 9.06. The van der Waals surface area contributed by atoms with Gasteiger partial charge in [-0.15, -0.1) is 23.7 Å². The summed E-state index contributed by atoms with van der Waals surface area (Å²) < 4.78 is 48.1. The van der Waals surface area contributed by atoms with E-state index in [4.69, 9.17) is 29.5 Å². The van der Waals surface area contributed by atoms with Crippen molar-refractivity contribution in [2.75, 3.05) is 0 Å². The molecule has 0 atom stereocenters. The number of allylic oxidation sites excluding steroid dienone is 2. The highest BCUT2D eigenvalue weighted by Gasteiger charge is 2.18. The molecule has 4 rings (SSSR count). The first-order valence-corrected chi connectivity index (χ1v) is 13.8. The van der Waals surface area contributed by atoms with Crippen LogP contribution in [0.1, 0.15) is 11.1 Å². The fraction of sp³-hybridized carbons (Fsp3) is 0.0625. The summed E-state index contributed by atoms with van der Waals surface area (Å²) in [6.07, 6.45) is 7.65. The van der Waals surface area contributed by atoms with Crippen LogP contribution in [-0.2, 0) is 22.7 Å². The molecule has 0 amide bonds. The maximum absolute atomic E-state index is 13.2. The SMILES string of the molecule is C=CCc1cc(Oc2ccc(S(=O)(=O)c3ccc(Oc4ccc(OC#N)c(CC=C)c4)cc3)cc2)ccc1OC#N. The van der Waals surface area contributed by atoms with Gasteiger partial charge in [0.2, 0.25) is 9.84 Å². The van der Waals surface area contributed by atoms with Crippen LogP contribution in [-0.4, -0.2) is 8.42 Å². The van der Waals surface area contributed by atoms with E-state index in [0.717, 1.165) is 11.1 Å². The fourth-order valence-corrected chi connectivity index (χ4v) is 5.21. The van der Waals surface area contributed by atoms with Crippen LogP contribution in [0.25, 0.3) is 0 Å². The molecule has 41 heavy (non-hydrogen) atoms. The van der Waals surface area contributed by atoms with Gasteiger partial charge in [0.15, 0.2) is 0 Å². The van der Waals surface area contributed by atoms with Crippen molar-refractivity contribution in [1.82, 2.24) is 0 Å². The summed E-state index contributed by atoms with van der Waals surface area (Å²) >= 11 is 0. The topological polar surface area (TPSA) is 119 Å². The lowest BCUT2D eigenvalue weighted by Crippen LogP contribution is -2.02. The Labute approximate surface area is 238 Å². The molecule has 0 spiro atoms. The van der Waals surface area contributed by atoms with Crippen molar-refractivity contribution in [3.05, 3.63) is 121 Å². The van der Waals surface area contributed by atoms with Crippen molar-refractivity contribution in [2.24, 2.45) is 0 Å². The van der Waals surface area contributed by atoms with Crippen LogP contribution in [0.2, 0.25) is 0 Å². The molecule has 204 valence electrons. The summed E-state index contributed by atoms with van der Waals surface area (Å²) in [7, 11) is -3.80. The van der Waals surface area contributed by atoms with Crippen LogP contribution >= 0.6 is 0 Å². The Morgan fingerprint density at radius 3 is 1.32 bits per heavy atom. The molecule has 8 nitrogen and oxygen atoms in total. The van der Waals surface area contributed by atoms with Gasteiger partial charge < -0.3 is 18.9 Å². The standard InChI is InChI=1S/C32H24N2O6S/c1-3-5-23-19-27(11-17-31(23)37-21-33)39-25-7-13-29(14-8-25)41(35,36)30-15-9-26(10-16-30)40-28-12-18-32(38-22-34)24(20-28)6-4-2/h3-4,7-20H,1-2,5-6H2. The molecule has 0 radical (unpaired) electrons. The molecular formula is C32H24N2O6S. The predicted molar refractivity (Wildman–Crippen MR) is 152 cm³/mol. The monoisotopic (exact) mass is 564 g/mol. The molecule has 0 fully saturated rings. The van der Waals surface area contributed by atoms with E-state index >= 15 is 0 Å². The van der Waals surface area contributed by atoms with Gasteiger partial charge in [0, 0.05) is 11.1 Å². The molecule has 0 N–H and O–H groups in total. The molecule has 4 aromatic carbocycles. The Morgan fingerprint density at radius 1 is 0.610 bits per heavy atom. The number of sulfone groups is 1. The lowest BCUT2D eigenvalue weighted by molar-refractivity contribution is 0.473. The number of hydrogen-bond donors (Lipinski definition) is 0. The van der Waals surface area contributed by atoms with E-state index in [0.29, 0.717) is 47.3 Å². The summed E-state index contributed by atoms with van der Waals surface area (Å²) in [6, 6.07) is 22.2. The second-order valence-electron chi connectivity index (χ2n) is 8.56. The minimum absolute atomic E-state index is 0.103. The van der Waals surface area contributed by atoms with Crippen LogP contribution in [0.3, 0.4) is 0 Å². The van der Waals surface area contributed by atoms with Crippen molar-refractivity contribution in [2.45, 2.75) is 22.6 Å². The van der Waals surface area contributed by atoms with Crippen LogP contribution in [0.5, 0.6) is 34.5 Å². The van der Waals surface area contributed by atoms with Gasteiger partial charge in [-0.3, -0.25) is 0 Å². The fourth-order valence-electron chi connectivity index (χ4n) is 3.95. The average molecular weight is 565 g/mol. The highest BCUT2D eigenvalue weighted by Crippen LogP contribution is 2.32. The van der Waals surface area contributed by atoms with Crippen molar-refractivity contribution < 1.29 is 27.4 Å². The molecule has 0 unspecified atom stereocenters. The molecule has 9 heteroatoms. The first-order valence-electron chi connectivity index (χ1n) is 12.3. The quantitative estimate of drug-likeness (QED) is 0.130. The molecule has 0 aliphatic carbocycles. The maximum Gasteiger partial charge on any atom is 0.292 e. The normalized spacial score (nSPS) is 10.5. The van der Waals surface area contributed by atoms with E-state index in [1.807, 2.05) is 0 Å². The van der Waals surface area contributed by atoms with E-state index in [9.17, 15) is 8.42 Å². The predicted octanol–water partition coefficient (Wildman–Crippen LogP) is 7.28. The molecule has 4 aromatic rings. The van der Waals surface area contributed by atoms with Crippen molar-refractivity contribution >= 4 is 9.84 Å². The zero-order valence-electron chi connectivity index (χ0n) is 21.8. The van der Waals surface area contributed by atoms with Gasteiger partial charge in [0.1, 0.15) is 34.5 Å². The zero-order valence-corrected chi connectivity index (χ0v) is 22.6. The van der Waals surface area contributed by atoms with Gasteiger partial charge in [-0.25, -0.2) is 8.42 Å². The number of benzene rings is 4. The van der Waals surface area contributed by atoms with Crippen molar-refractivity contribution in [3.63, 3.8) is 0 Å². The number of ether oxygens (including phenoxy) is 4. The van der Waals surface area contributed by atoms with E-state index in [1.165, 1.54) is 24.3 Å². The second kappa shape index (κ2) is 13.0. The summed E-state index contributed by atoms with van der Waals surface area (Å²) in [4.78, 5) is 0.205. The highest BCUT2D eigenvalue weighted by atomic mass is 32.2. The Balaban J connectivity index is 1.47. The van der Waals surface area contributed by atoms with Crippen LogP contribution < -0.4 is 18.9 Å². The third kappa shape index (κ3) is 6.93. The molecular weight excluding hydrogens is 540 g/mol. The summed E-state index contributed by atoms with van der Waals surface area (Å²) in [5, 5.41) is 17.6. The lowest BCUT2D eigenvalue weighted by atomic mass is 10.1. The Bertz CT molecular complexity index is 1630. The van der Waals surface area contributed by atoms with E-state index in [-0.39, 0.29) is 9.79 Å². The molecule has 0 bridgehead atoms. The minimum Gasteiger partial charge on any atom is -0.457 e. The summed E-state index contributed by atoms with van der Waals surface area (Å²) in [5.74, 6) is 2.71. The molecule has 0 aliphatic heterocycles. The van der Waals surface area contributed by atoms with E-state index in [2.05, 4.69) is 13.2 Å². The third-order valence-electron chi connectivity index (χ3n) is 5.84. The van der Waals surface area contributed by atoms with Gasteiger partial charge in [-0.05, 0) is 97.8 Å². The van der Waals surface area contributed by atoms with E-state index in [1.54, 1.807) is 85.3 Å². The minimum atomic E-state index is -3.80. The molecule has 0 saturated carbocycles. The first kappa shape index (κ1) is 28.5. The van der Waals surface area contributed by atoms with Crippen LogP contribution in [0.15, 0.2) is 120 Å². The number of rotatable bonds is 12. The van der Waals surface area contributed by atoms with Crippen molar-refractivity contribution in [1.29, 1.82) is 10.5 Å². The number of hydrogen-bond acceptors (Lipinski definition) is 8. The number of nitriles is 2. The van der Waals surface area contributed by atoms with Crippen LogP contribution in [0.4, 0.5) is 0 Å². The van der Waals surface area contributed by atoms with Gasteiger partial charge >= 0.3 is 0 Å². The lowest BCUT2D eigenvalue weighted by Gasteiger charge is -2.11. The highest BCUT2D eigenvalue weighted by molar-refractivity contribution is 7.91. The first-order chi connectivity index (χ1) is 19.9. The van der Waals surface area contributed by atoms with Crippen molar-refractivity contribution in [3.8, 4) is 47.0 Å². The van der Waals surface area contributed by atoms with E-state index < -0.39 is 9.84 Å². The maximum atomic E-state index is 13.2. The summed E-state index contributed by atoms with van der Waals surface area (Å²) in [6.45, 7) is 7.42. The summed E-state index contributed by atoms with van der Waals surface area (Å²) in [5.41, 5.74) is 1.46. The van der Waals surface area contributed by atoms with Gasteiger partial charge in [-0.1, -0.05) is 12.2 Å². The largest absolute Gasteiger partial charge is 0.457 e. The molecule has 0 aliphatic rings. The Hall–Kier alpha value is -5.51. The molecule has 0 heterocycles. The average Bonchev–Trinajstić information content (AvgIpc) is 2.97. The number of nitrogens with zero attached hydrogens (tertiary/aromatic N) is 2. The van der Waals surface area contributed by atoms with Gasteiger partial charge in [0.25, 0.3) is 12.5 Å². The molecule has 0 aromatic heterocycles. The van der Waals surface area contributed by atoms with Gasteiger partial charge in [0.05, 0.1) is 9.79 Å². The smallest absolute Gasteiger partial charge is 0.292 e. The Morgan fingerprint density at radius 2 is 0.976 bits per heavy atom.